The lowest BCUT2D eigenvalue weighted by Crippen LogP contribution is -2.65. The molecule has 8 heteroatoms. The zero-order valence-electron chi connectivity index (χ0n) is 18.1. The first kappa shape index (κ1) is 23.4. The highest BCUT2D eigenvalue weighted by atomic mass is 32.1. The molecule has 0 aliphatic heterocycles. The Morgan fingerprint density at radius 3 is 2.20 bits per heavy atom. The Hall–Kier alpha value is -1.28. The fraction of sp³-hybridized carbons (Fsp3) is 0.864. The van der Waals surface area contributed by atoms with Crippen molar-refractivity contribution < 1.29 is 24.2 Å². The van der Waals surface area contributed by atoms with Crippen LogP contribution in [0.4, 0.5) is 0 Å². The molecule has 0 aromatic heterocycles. The van der Waals surface area contributed by atoms with Crippen LogP contribution in [-0.2, 0) is 19.1 Å². The lowest BCUT2D eigenvalue weighted by molar-refractivity contribution is -0.150. The van der Waals surface area contributed by atoms with Crippen molar-refractivity contribution in [3.8, 4) is 0 Å². The predicted molar refractivity (Wildman–Crippen MR) is 116 cm³/mol. The Labute approximate surface area is 184 Å². The van der Waals surface area contributed by atoms with Gasteiger partial charge in [0.05, 0.1) is 13.3 Å². The number of carboxylic acid groups (broad SMARTS) is 1. The van der Waals surface area contributed by atoms with Crippen molar-refractivity contribution in [2.75, 3.05) is 19.4 Å². The summed E-state index contributed by atoms with van der Waals surface area (Å²) in [5.74, 6) is 0.685. The van der Waals surface area contributed by atoms with Crippen LogP contribution in [0.2, 0.25) is 0 Å². The van der Waals surface area contributed by atoms with E-state index in [1.165, 1.54) is 31.3 Å². The number of rotatable bonds is 11. The van der Waals surface area contributed by atoms with E-state index in [9.17, 15) is 19.5 Å². The molecular weight excluding hydrogens is 404 g/mol. The van der Waals surface area contributed by atoms with Gasteiger partial charge in [0.15, 0.2) is 0 Å². The fourth-order valence-corrected chi connectivity index (χ4v) is 6.49. The zero-order chi connectivity index (χ0) is 21.9. The number of hydrogen-bond acceptors (Lipinski definition) is 6. The molecule has 0 heterocycles. The van der Waals surface area contributed by atoms with E-state index in [-0.39, 0.29) is 36.3 Å². The van der Waals surface area contributed by atoms with E-state index in [1.54, 1.807) is 6.92 Å². The van der Waals surface area contributed by atoms with Gasteiger partial charge in [-0.2, -0.15) is 12.6 Å². The van der Waals surface area contributed by atoms with Crippen LogP contribution in [0.3, 0.4) is 0 Å². The Morgan fingerprint density at radius 2 is 1.73 bits per heavy atom. The molecule has 0 aromatic rings. The second-order valence-electron chi connectivity index (χ2n) is 9.77. The smallest absolute Gasteiger partial charge is 0.323 e. The third-order valence-electron chi connectivity index (χ3n) is 7.26. The van der Waals surface area contributed by atoms with Crippen molar-refractivity contribution in [2.45, 2.75) is 76.4 Å². The number of methoxy groups -OCH3 is 1. The minimum Gasteiger partial charge on any atom is -0.480 e. The van der Waals surface area contributed by atoms with Crippen LogP contribution in [0.25, 0.3) is 0 Å². The molecule has 0 radical (unpaired) electrons. The first-order chi connectivity index (χ1) is 14.2. The van der Waals surface area contributed by atoms with Gasteiger partial charge in [0, 0.05) is 23.6 Å². The minimum absolute atomic E-state index is 0.0219. The van der Waals surface area contributed by atoms with Gasteiger partial charge >= 0.3 is 11.9 Å². The van der Waals surface area contributed by atoms with E-state index in [0.717, 1.165) is 37.0 Å². The van der Waals surface area contributed by atoms with Crippen molar-refractivity contribution in [1.82, 2.24) is 10.2 Å². The standard InChI is InChI=1S/C22H36N2O5S/c1-14(13-30)21(28)24(12-19(25)26)18(4-3-5-20(27)29-2)23-22-9-15-6-16(10-22)8-17(7-15)11-22/h14-18,23,30H,3-13H2,1-2H3,(H,25,26)/t14-,15?,16?,17?,18?,22?/m1/s1. The Kier molecular flexibility index (Phi) is 7.71. The van der Waals surface area contributed by atoms with Gasteiger partial charge < -0.3 is 14.7 Å². The molecule has 2 atom stereocenters. The second kappa shape index (κ2) is 9.90. The molecule has 4 saturated carbocycles. The maximum atomic E-state index is 13.1. The SMILES string of the molecule is COC(=O)CCCC(NC12CC3CC(CC(C3)C1)C2)N(CC(=O)O)C(=O)[C@H](C)CS. The molecule has 2 N–H and O–H groups in total. The molecule has 4 bridgehead atoms. The van der Waals surface area contributed by atoms with E-state index in [2.05, 4.69) is 17.9 Å². The first-order valence-corrected chi connectivity index (χ1v) is 11.9. The van der Waals surface area contributed by atoms with Crippen LogP contribution in [0.15, 0.2) is 0 Å². The van der Waals surface area contributed by atoms with Crippen LogP contribution < -0.4 is 5.32 Å². The van der Waals surface area contributed by atoms with Gasteiger partial charge in [0.1, 0.15) is 6.54 Å². The van der Waals surface area contributed by atoms with Gasteiger partial charge in [-0.15, -0.1) is 0 Å². The number of nitrogens with one attached hydrogen (secondary N) is 1. The van der Waals surface area contributed by atoms with Gasteiger partial charge in [0.25, 0.3) is 0 Å². The monoisotopic (exact) mass is 440 g/mol. The van der Waals surface area contributed by atoms with E-state index >= 15 is 0 Å². The van der Waals surface area contributed by atoms with Crippen LogP contribution in [-0.4, -0.2) is 59.0 Å². The number of ether oxygens (including phenoxy) is 1. The van der Waals surface area contributed by atoms with Crippen molar-refractivity contribution in [2.24, 2.45) is 23.7 Å². The summed E-state index contributed by atoms with van der Waals surface area (Å²) in [6.45, 7) is 1.43. The molecule has 4 fully saturated rings. The quantitative estimate of drug-likeness (QED) is 0.260. The molecule has 0 saturated heterocycles. The van der Waals surface area contributed by atoms with Crippen molar-refractivity contribution in [3.05, 3.63) is 0 Å². The molecule has 4 rings (SSSR count). The summed E-state index contributed by atoms with van der Waals surface area (Å²) in [7, 11) is 1.36. The van der Waals surface area contributed by atoms with Gasteiger partial charge in [-0.1, -0.05) is 6.92 Å². The van der Waals surface area contributed by atoms with E-state index in [0.29, 0.717) is 18.6 Å². The third-order valence-corrected chi connectivity index (χ3v) is 7.81. The number of thiol groups is 1. The highest BCUT2D eigenvalue weighted by molar-refractivity contribution is 7.80. The summed E-state index contributed by atoms with van der Waals surface area (Å²) < 4.78 is 4.75. The zero-order valence-corrected chi connectivity index (χ0v) is 19.0. The van der Waals surface area contributed by atoms with Crippen LogP contribution in [0.1, 0.15) is 64.7 Å². The van der Waals surface area contributed by atoms with E-state index in [1.807, 2.05) is 0 Å². The van der Waals surface area contributed by atoms with Crippen molar-refractivity contribution in [1.29, 1.82) is 0 Å². The fourth-order valence-electron chi connectivity index (χ4n) is 6.34. The number of carboxylic acids is 1. The summed E-state index contributed by atoms with van der Waals surface area (Å²) in [6, 6.07) is 0. The molecular formula is C22H36N2O5S. The average Bonchev–Trinajstić information content (AvgIpc) is 2.68. The summed E-state index contributed by atoms with van der Waals surface area (Å²) >= 11 is 4.25. The number of aliphatic carboxylic acids is 1. The summed E-state index contributed by atoms with van der Waals surface area (Å²) in [5, 5.41) is 13.3. The maximum Gasteiger partial charge on any atom is 0.323 e. The third kappa shape index (κ3) is 5.49. The lowest BCUT2D eigenvalue weighted by Gasteiger charge is -2.58. The largest absolute Gasteiger partial charge is 0.480 e. The first-order valence-electron chi connectivity index (χ1n) is 11.2. The summed E-state index contributed by atoms with van der Waals surface area (Å²) in [4.78, 5) is 37.8. The number of carbonyl (C=O) groups excluding carboxylic acids is 2. The molecule has 4 aliphatic rings. The molecule has 0 spiro atoms. The molecule has 1 amide bonds. The molecule has 7 nitrogen and oxygen atoms in total. The summed E-state index contributed by atoms with van der Waals surface area (Å²) in [5.41, 5.74) is -0.0219. The Morgan fingerprint density at radius 1 is 1.17 bits per heavy atom. The number of hydrogen-bond donors (Lipinski definition) is 3. The van der Waals surface area contributed by atoms with Crippen LogP contribution in [0, 0.1) is 23.7 Å². The van der Waals surface area contributed by atoms with Gasteiger partial charge in [-0.3, -0.25) is 19.7 Å². The maximum absolute atomic E-state index is 13.1. The highest BCUT2D eigenvalue weighted by Gasteiger charge is 2.52. The second-order valence-corrected chi connectivity index (χ2v) is 10.1. The predicted octanol–water partition coefficient (Wildman–Crippen LogP) is 2.69. The van der Waals surface area contributed by atoms with Gasteiger partial charge in [0.2, 0.25) is 5.91 Å². The van der Waals surface area contributed by atoms with E-state index in [4.69, 9.17) is 4.74 Å². The minimum atomic E-state index is -1.03. The molecule has 4 aliphatic carbocycles. The number of amides is 1. The molecule has 170 valence electrons. The van der Waals surface area contributed by atoms with E-state index < -0.39 is 12.1 Å². The van der Waals surface area contributed by atoms with Gasteiger partial charge in [-0.25, -0.2) is 0 Å². The lowest BCUT2D eigenvalue weighted by atomic mass is 9.53. The van der Waals surface area contributed by atoms with Crippen LogP contribution >= 0.6 is 12.6 Å². The number of esters is 1. The number of nitrogens with zero attached hydrogens (tertiary/aromatic N) is 1. The van der Waals surface area contributed by atoms with Gasteiger partial charge in [-0.05, 0) is 69.1 Å². The van der Waals surface area contributed by atoms with Crippen molar-refractivity contribution >= 4 is 30.5 Å². The topological polar surface area (TPSA) is 95.9 Å². The Balaban J connectivity index is 1.79. The number of carbonyl (C=O) groups is 3. The Bertz CT molecular complexity index is 620. The molecule has 30 heavy (non-hydrogen) atoms. The van der Waals surface area contributed by atoms with Crippen molar-refractivity contribution in [3.63, 3.8) is 0 Å². The molecule has 0 aromatic carbocycles. The average molecular weight is 441 g/mol. The highest BCUT2D eigenvalue weighted by Crippen LogP contribution is 2.55. The molecule has 1 unspecified atom stereocenters. The summed E-state index contributed by atoms with van der Waals surface area (Å²) in [6.07, 6.45) is 8.14. The normalized spacial score (nSPS) is 31.2. The van der Waals surface area contributed by atoms with Crippen LogP contribution in [0.5, 0.6) is 0 Å².